The zero-order valence-electron chi connectivity index (χ0n) is 8.38. The van der Waals surface area contributed by atoms with Gasteiger partial charge in [0.2, 0.25) is 0 Å². The smallest absolute Gasteiger partial charge is 0.185 e. The molecule has 0 heterocycles. The molecule has 0 saturated carbocycles. The molecule has 0 aromatic carbocycles. The van der Waals surface area contributed by atoms with Crippen molar-refractivity contribution in [1.82, 2.24) is 0 Å². The Kier molecular flexibility index (Phi) is 5.51. The van der Waals surface area contributed by atoms with Crippen LogP contribution in [0.4, 0.5) is 0 Å². The number of nitrogens with two attached hydrogens (primary N) is 2. The van der Waals surface area contributed by atoms with Crippen LogP contribution >= 0.6 is 0 Å². The van der Waals surface area contributed by atoms with Gasteiger partial charge in [0, 0.05) is 6.54 Å². The topological polar surface area (TPSA) is 64.4 Å². The fourth-order valence-corrected chi connectivity index (χ4v) is 1.27. The Morgan fingerprint density at radius 2 is 1.92 bits per heavy atom. The van der Waals surface area contributed by atoms with Crippen molar-refractivity contribution in [1.29, 1.82) is 0 Å². The minimum atomic E-state index is 0.206. The highest BCUT2D eigenvalue weighted by Crippen LogP contribution is 2.14. The molecule has 1 atom stereocenters. The lowest BCUT2D eigenvalue weighted by Gasteiger charge is -2.14. The van der Waals surface area contributed by atoms with Gasteiger partial charge in [-0.15, -0.1) is 0 Å². The molecule has 0 aliphatic rings. The van der Waals surface area contributed by atoms with E-state index >= 15 is 0 Å². The average Bonchev–Trinajstić information content (AvgIpc) is 1.97. The second-order valence-corrected chi connectivity index (χ2v) is 3.67. The van der Waals surface area contributed by atoms with Crippen LogP contribution in [0.3, 0.4) is 0 Å². The van der Waals surface area contributed by atoms with Crippen molar-refractivity contribution in [2.45, 2.75) is 33.6 Å². The van der Waals surface area contributed by atoms with E-state index in [0.717, 1.165) is 18.9 Å². The largest absolute Gasteiger partial charge is 0.370 e. The number of rotatable bonds is 5. The van der Waals surface area contributed by atoms with E-state index in [-0.39, 0.29) is 5.96 Å². The van der Waals surface area contributed by atoms with E-state index in [2.05, 4.69) is 25.8 Å². The van der Waals surface area contributed by atoms with Crippen molar-refractivity contribution >= 4 is 5.96 Å². The highest BCUT2D eigenvalue weighted by atomic mass is 15.0. The molecule has 0 amide bonds. The molecule has 0 rings (SSSR count). The maximum Gasteiger partial charge on any atom is 0.185 e. The van der Waals surface area contributed by atoms with Crippen molar-refractivity contribution < 1.29 is 0 Å². The van der Waals surface area contributed by atoms with Crippen LogP contribution in [0.2, 0.25) is 0 Å². The number of aliphatic imine (C=N–C) groups is 1. The quantitative estimate of drug-likeness (QED) is 0.484. The van der Waals surface area contributed by atoms with E-state index in [9.17, 15) is 0 Å². The standard InChI is InChI=1S/C9H21N3/c1-4-8(5-7(2)3)6-12-9(10)11/h7-8H,4-6H2,1-3H3,(H4,10,11,12). The Morgan fingerprint density at radius 3 is 2.25 bits per heavy atom. The van der Waals surface area contributed by atoms with Gasteiger partial charge in [0.1, 0.15) is 0 Å². The fourth-order valence-electron chi connectivity index (χ4n) is 1.27. The first kappa shape index (κ1) is 11.3. The summed E-state index contributed by atoms with van der Waals surface area (Å²) in [6.07, 6.45) is 2.35. The van der Waals surface area contributed by atoms with Gasteiger partial charge in [-0.1, -0.05) is 27.2 Å². The van der Waals surface area contributed by atoms with Gasteiger partial charge in [0.15, 0.2) is 5.96 Å². The molecule has 0 fully saturated rings. The number of hydrogen-bond donors (Lipinski definition) is 2. The van der Waals surface area contributed by atoms with Gasteiger partial charge in [-0.05, 0) is 18.3 Å². The van der Waals surface area contributed by atoms with E-state index in [0.29, 0.717) is 5.92 Å². The normalized spacial score (nSPS) is 13.0. The fraction of sp³-hybridized carbons (Fsp3) is 0.889. The highest BCUT2D eigenvalue weighted by Gasteiger charge is 2.07. The minimum absolute atomic E-state index is 0.206. The molecule has 0 bridgehead atoms. The Hall–Kier alpha value is -0.730. The summed E-state index contributed by atoms with van der Waals surface area (Å²) in [5.41, 5.74) is 10.5. The number of guanidine groups is 1. The van der Waals surface area contributed by atoms with Crippen LogP contribution in [0.1, 0.15) is 33.6 Å². The van der Waals surface area contributed by atoms with Crippen molar-refractivity contribution in [2.75, 3.05) is 6.54 Å². The third-order valence-corrected chi connectivity index (χ3v) is 1.91. The molecular formula is C9H21N3. The van der Waals surface area contributed by atoms with E-state index in [4.69, 9.17) is 11.5 Å². The van der Waals surface area contributed by atoms with E-state index in [1.165, 1.54) is 6.42 Å². The summed E-state index contributed by atoms with van der Waals surface area (Å²) in [4.78, 5) is 4.02. The first-order valence-corrected chi connectivity index (χ1v) is 4.61. The van der Waals surface area contributed by atoms with Crippen molar-refractivity contribution in [3.8, 4) is 0 Å². The monoisotopic (exact) mass is 171 g/mol. The molecule has 4 N–H and O–H groups in total. The summed E-state index contributed by atoms with van der Waals surface area (Å²) in [6, 6.07) is 0. The van der Waals surface area contributed by atoms with Crippen molar-refractivity contribution in [2.24, 2.45) is 28.3 Å². The van der Waals surface area contributed by atoms with Crippen LogP contribution in [0, 0.1) is 11.8 Å². The van der Waals surface area contributed by atoms with Crippen molar-refractivity contribution in [3.05, 3.63) is 0 Å². The Labute approximate surface area is 75.2 Å². The maximum atomic E-state index is 5.25. The molecule has 0 spiro atoms. The SMILES string of the molecule is CCC(CN=C(N)N)CC(C)C. The summed E-state index contributed by atoms with van der Waals surface area (Å²) >= 11 is 0. The van der Waals surface area contributed by atoms with Gasteiger partial charge in [-0.2, -0.15) is 0 Å². The number of nitrogens with zero attached hydrogens (tertiary/aromatic N) is 1. The van der Waals surface area contributed by atoms with Gasteiger partial charge in [-0.3, -0.25) is 4.99 Å². The summed E-state index contributed by atoms with van der Waals surface area (Å²) < 4.78 is 0. The summed E-state index contributed by atoms with van der Waals surface area (Å²) in [5.74, 6) is 1.56. The predicted octanol–water partition coefficient (Wildman–Crippen LogP) is 1.33. The molecule has 0 aliphatic carbocycles. The lowest BCUT2D eigenvalue weighted by Crippen LogP contribution is -2.24. The maximum absolute atomic E-state index is 5.25. The van der Waals surface area contributed by atoms with Gasteiger partial charge in [0.25, 0.3) is 0 Å². The average molecular weight is 171 g/mol. The van der Waals surface area contributed by atoms with Crippen LogP contribution < -0.4 is 11.5 Å². The molecule has 0 aromatic heterocycles. The van der Waals surface area contributed by atoms with Gasteiger partial charge in [0.05, 0.1) is 0 Å². The molecule has 3 nitrogen and oxygen atoms in total. The van der Waals surface area contributed by atoms with Crippen LogP contribution in [0.25, 0.3) is 0 Å². The van der Waals surface area contributed by atoms with Gasteiger partial charge in [-0.25, -0.2) is 0 Å². The second kappa shape index (κ2) is 5.86. The molecule has 1 unspecified atom stereocenters. The Morgan fingerprint density at radius 1 is 1.33 bits per heavy atom. The van der Waals surface area contributed by atoms with Crippen LogP contribution in [0.5, 0.6) is 0 Å². The molecular weight excluding hydrogens is 150 g/mol. The molecule has 0 saturated heterocycles. The van der Waals surface area contributed by atoms with Crippen LogP contribution in [-0.2, 0) is 0 Å². The van der Waals surface area contributed by atoms with Crippen LogP contribution in [0.15, 0.2) is 4.99 Å². The van der Waals surface area contributed by atoms with E-state index < -0.39 is 0 Å². The van der Waals surface area contributed by atoms with Crippen LogP contribution in [-0.4, -0.2) is 12.5 Å². The van der Waals surface area contributed by atoms with E-state index in [1.54, 1.807) is 0 Å². The first-order chi connectivity index (χ1) is 5.56. The second-order valence-electron chi connectivity index (χ2n) is 3.67. The third kappa shape index (κ3) is 6.01. The van der Waals surface area contributed by atoms with Crippen molar-refractivity contribution in [3.63, 3.8) is 0 Å². The molecule has 3 heteroatoms. The lowest BCUT2D eigenvalue weighted by atomic mass is 9.95. The molecule has 12 heavy (non-hydrogen) atoms. The Bertz CT molecular complexity index is 137. The van der Waals surface area contributed by atoms with Gasteiger partial charge < -0.3 is 11.5 Å². The minimum Gasteiger partial charge on any atom is -0.370 e. The summed E-state index contributed by atoms with van der Waals surface area (Å²) in [6.45, 7) is 7.39. The molecule has 0 radical (unpaired) electrons. The highest BCUT2D eigenvalue weighted by molar-refractivity contribution is 5.75. The zero-order valence-corrected chi connectivity index (χ0v) is 8.38. The summed E-state index contributed by atoms with van der Waals surface area (Å²) in [7, 11) is 0. The summed E-state index contributed by atoms with van der Waals surface area (Å²) in [5, 5.41) is 0. The first-order valence-electron chi connectivity index (χ1n) is 4.61. The molecule has 0 aromatic rings. The Balaban J connectivity index is 3.75. The lowest BCUT2D eigenvalue weighted by molar-refractivity contribution is 0.407. The molecule has 0 aliphatic heterocycles. The third-order valence-electron chi connectivity index (χ3n) is 1.91. The molecule has 72 valence electrons. The number of hydrogen-bond acceptors (Lipinski definition) is 1. The predicted molar refractivity (Wildman–Crippen MR) is 53.9 cm³/mol. The van der Waals surface area contributed by atoms with E-state index in [1.807, 2.05) is 0 Å². The zero-order chi connectivity index (χ0) is 9.56. The van der Waals surface area contributed by atoms with Gasteiger partial charge >= 0.3 is 0 Å².